The molecule has 0 aliphatic carbocycles. The van der Waals surface area contributed by atoms with E-state index in [2.05, 4.69) is 86.4 Å². The third kappa shape index (κ3) is 5.98. The van der Waals surface area contributed by atoms with Gasteiger partial charge in [-0.05, 0) is 40.3 Å². The number of aromatic nitrogens is 1. The highest BCUT2D eigenvalue weighted by Crippen LogP contribution is 2.39. The number of aliphatic hydroxyl groups excluding tert-OH is 1. The second-order valence-corrected chi connectivity index (χ2v) is 11.9. The summed E-state index contributed by atoms with van der Waals surface area (Å²) in [6.45, 7) is 7.10. The van der Waals surface area contributed by atoms with Gasteiger partial charge in [0, 0.05) is 18.3 Å². The molecule has 1 radical (unpaired) electrons. The molecule has 4 nitrogen and oxygen atoms in total. The number of nitrogens with zero attached hydrogens (tertiary/aromatic N) is 1. The van der Waals surface area contributed by atoms with Crippen LogP contribution in [-0.2, 0) is 9.16 Å². The topological polar surface area (TPSA) is 51.6 Å². The van der Waals surface area contributed by atoms with Crippen LogP contribution in [-0.4, -0.2) is 37.9 Å². The lowest BCUT2D eigenvalue weighted by Crippen LogP contribution is -2.49. The van der Waals surface area contributed by atoms with Gasteiger partial charge in [-0.15, -0.1) is 0 Å². The van der Waals surface area contributed by atoms with Crippen LogP contribution in [0.25, 0.3) is 0 Å². The molecule has 1 aliphatic rings. The third-order valence-electron chi connectivity index (χ3n) is 6.40. The van der Waals surface area contributed by atoms with Crippen molar-refractivity contribution < 1.29 is 14.3 Å². The molecule has 1 saturated heterocycles. The van der Waals surface area contributed by atoms with Crippen molar-refractivity contribution in [2.75, 3.05) is 6.61 Å². The molecule has 1 fully saturated rings. The fraction of sp³-hybridized carbons (Fsp3) is 0.393. The molecule has 173 valence electrons. The summed E-state index contributed by atoms with van der Waals surface area (Å²) < 4.78 is 13.0. The third-order valence-corrected chi connectivity index (χ3v) is 8.64. The normalized spacial score (nSPS) is 21.9. The molecule has 4 rings (SSSR count). The van der Waals surface area contributed by atoms with Gasteiger partial charge in [-0.1, -0.05) is 87.5 Å². The Labute approximate surface area is 199 Å². The van der Waals surface area contributed by atoms with Gasteiger partial charge >= 0.3 is 0 Å². The van der Waals surface area contributed by atoms with E-state index in [1.54, 1.807) is 6.20 Å². The molecule has 1 N–H and O–H groups in total. The molecule has 33 heavy (non-hydrogen) atoms. The van der Waals surface area contributed by atoms with Crippen molar-refractivity contribution in [2.24, 2.45) is 11.3 Å². The zero-order chi connectivity index (χ0) is 23.3. The molecule has 3 aromatic rings. The molecule has 1 aliphatic heterocycles. The molecular weight excluding hydrogens is 426 g/mol. The zero-order valence-corrected chi connectivity index (χ0v) is 20.7. The van der Waals surface area contributed by atoms with Crippen molar-refractivity contribution in [2.45, 2.75) is 51.9 Å². The Hall–Kier alpha value is -2.31. The fourth-order valence-corrected chi connectivity index (χ4v) is 6.87. The van der Waals surface area contributed by atoms with Crippen molar-refractivity contribution in [1.82, 2.24) is 4.98 Å². The van der Waals surface area contributed by atoms with E-state index in [1.165, 1.54) is 10.4 Å². The summed E-state index contributed by atoms with van der Waals surface area (Å²) >= 11 is 0. The molecular formula is C28H34NO3Si. The molecule has 4 unspecified atom stereocenters. The highest BCUT2D eigenvalue weighted by Gasteiger charge is 2.39. The zero-order valence-electron chi connectivity index (χ0n) is 19.7. The van der Waals surface area contributed by atoms with E-state index >= 15 is 0 Å². The minimum atomic E-state index is -1.41. The first-order chi connectivity index (χ1) is 15.9. The number of aliphatic hydroxyl groups is 1. The Morgan fingerprint density at radius 2 is 1.64 bits per heavy atom. The SMILES string of the molecule is CC(C)(C)C(CCC1C(O)COC1c1cccnc1)O[Si](c1ccccc1)c1ccccc1. The monoisotopic (exact) mass is 460 g/mol. The maximum atomic E-state index is 10.7. The van der Waals surface area contributed by atoms with Gasteiger partial charge < -0.3 is 14.3 Å². The van der Waals surface area contributed by atoms with Crippen LogP contribution in [0.5, 0.6) is 0 Å². The smallest absolute Gasteiger partial charge is 0.283 e. The van der Waals surface area contributed by atoms with Gasteiger partial charge in [0.1, 0.15) is 0 Å². The van der Waals surface area contributed by atoms with Crippen molar-refractivity contribution in [3.05, 3.63) is 90.8 Å². The Bertz CT molecular complexity index is 939. The van der Waals surface area contributed by atoms with Crippen molar-refractivity contribution >= 4 is 19.4 Å². The Morgan fingerprint density at radius 1 is 1.00 bits per heavy atom. The van der Waals surface area contributed by atoms with Crippen LogP contribution in [0.3, 0.4) is 0 Å². The highest BCUT2D eigenvalue weighted by molar-refractivity contribution is 6.80. The van der Waals surface area contributed by atoms with E-state index in [0.717, 1.165) is 18.4 Å². The molecule has 2 aromatic carbocycles. The summed E-state index contributed by atoms with van der Waals surface area (Å²) in [5.41, 5.74) is 0.999. The maximum Gasteiger partial charge on any atom is 0.283 e. The lowest BCUT2D eigenvalue weighted by molar-refractivity contribution is 0.0556. The summed E-state index contributed by atoms with van der Waals surface area (Å²) in [5, 5.41) is 13.2. The predicted molar refractivity (Wildman–Crippen MR) is 134 cm³/mol. The highest BCUT2D eigenvalue weighted by atomic mass is 28.3. The van der Waals surface area contributed by atoms with E-state index in [4.69, 9.17) is 9.16 Å². The molecule has 2 heterocycles. The van der Waals surface area contributed by atoms with Crippen LogP contribution in [0.2, 0.25) is 0 Å². The van der Waals surface area contributed by atoms with E-state index in [9.17, 15) is 5.11 Å². The van der Waals surface area contributed by atoms with Gasteiger partial charge in [-0.25, -0.2) is 0 Å². The summed E-state index contributed by atoms with van der Waals surface area (Å²) in [4.78, 5) is 4.25. The second kappa shape index (κ2) is 10.7. The average molecular weight is 461 g/mol. The minimum Gasteiger partial charge on any atom is -0.404 e. The average Bonchev–Trinajstić information content (AvgIpc) is 3.20. The van der Waals surface area contributed by atoms with Gasteiger partial charge in [0.05, 0.1) is 24.9 Å². The lowest BCUT2D eigenvalue weighted by atomic mass is 9.82. The van der Waals surface area contributed by atoms with Gasteiger partial charge in [0.2, 0.25) is 0 Å². The number of benzene rings is 2. The molecule has 0 spiro atoms. The largest absolute Gasteiger partial charge is 0.404 e. The van der Waals surface area contributed by atoms with E-state index in [-0.39, 0.29) is 23.5 Å². The first-order valence-electron chi connectivity index (χ1n) is 11.8. The number of rotatable bonds is 8. The summed E-state index contributed by atoms with van der Waals surface area (Å²) in [6.07, 6.45) is 4.77. The van der Waals surface area contributed by atoms with Crippen LogP contribution in [0.1, 0.15) is 45.3 Å². The minimum absolute atomic E-state index is 0.0340. The van der Waals surface area contributed by atoms with E-state index in [1.807, 2.05) is 18.3 Å². The van der Waals surface area contributed by atoms with E-state index in [0.29, 0.717) is 6.61 Å². The number of pyridine rings is 1. The Kier molecular flexibility index (Phi) is 7.76. The van der Waals surface area contributed by atoms with Gasteiger partial charge in [0.15, 0.2) is 0 Å². The van der Waals surface area contributed by atoms with Gasteiger partial charge in [-0.2, -0.15) is 0 Å². The van der Waals surface area contributed by atoms with Crippen LogP contribution in [0.15, 0.2) is 85.2 Å². The fourth-order valence-electron chi connectivity index (χ4n) is 4.52. The first kappa shape index (κ1) is 23.8. The molecule has 0 bridgehead atoms. The van der Waals surface area contributed by atoms with Crippen LogP contribution < -0.4 is 10.4 Å². The molecule has 1 aromatic heterocycles. The molecule has 0 amide bonds. The number of hydrogen-bond donors (Lipinski definition) is 1. The quantitative estimate of drug-likeness (QED) is 0.513. The van der Waals surface area contributed by atoms with Crippen LogP contribution in [0, 0.1) is 11.3 Å². The summed E-state index contributed by atoms with van der Waals surface area (Å²) in [6, 6.07) is 25.1. The standard InChI is InChI=1S/C28H34NO3Si/c1-28(2,3)26(17-16-24-25(30)20-31-27(24)21-11-10-18-29-19-21)32-33(22-12-6-4-7-13-22)23-14-8-5-9-15-23/h4-15,18-19,24-27,30H,16-17,20H2,1-3H3. The Balaban J connectivity index is 1.54. The molecule has 5 heteroatoms. The van der Waals surface area contributed by atoms with E-state index < -0.39 is 15.1 Å². The van der Waals surface area contributed by atoms with Crippen molar-refractivity contribution in [3.63, 3.8) is 0 Å². The van der Waals surface area contributed by atoms with Gasteiger partial charge in [0.25, 0.3) is 9.04 Å². The van der Waals surface area contributed by atoms with Gasteiger partial charge in [-0.3, -0.25) is 4.98 Å². The predicted octanol–water partition coefficient (Wildman–Crippen LogP) is 4.15. The molecule has 0 saturated carbocycles. The summed E-state index contributed by atoms with van der Waals surface area (Å²) in [5.74, 6) is 0.0340. The number of ether oxygens (including phenoxy) is 1. The van der Waals surface area contributed by atoms with Crippen molar-refractivity contribution in [1.29, 1.82) is 0 Å². The number of hydrogen-bond acceptors (Lipinski definition) is 4. The second-order valence-electron chi connectivity index (χ2n) is 9.88. The lowest BCUT2D eigenvalue weighted by Gasteiger charge is -2.35. The molecule has 4 atom stereocenters. The van der Waals surface area contributed by atoms with Crippen molar-refractivity contribution in [3.8, 4) is 0 Å². The van der Waals surface area contributed by atoms with Crippen LogP contribution in [0.4, 0.5) is 0 Å². The maximum absolute atomic E-state index is 10.7. The summed E-state index contributed by atoms with van der Waals surface area (Å²) in [7, 11) is -1.41. The Morgan fingerprint density at radius 3 is 2.18 bits per heavy atom. The first-order valence-corrected chi connectivity index (χ1v) is 13.2. The van der Waals surface area contributed by atoms with Crippen LogP contribution >= 0.6 is 0 Å².